The van der Waals surface area contributed by atoms with Gasteiger partial charge in [0, 0.05) is 35.7 Å². The molecule has 2 aromatic carbocycles. The van der Waals surface area contributed by atoms with Gasteiger partial charge in [0.15, 0.2) is 5.82 Å². The minimum Gasteiger partial charge on any atom is -0.543 e. The van der Waals surface area contributed by atoms with E-state index in [1.165, 1.54) is 0 Å². The van der Waals surface area contributed by atoms with E-state index < -0.39 is 8.32 Å². The molecular weight excluding hydrogens is 681 g/mol. The minimum absolute atomic E-state index is 0.161. The van der Waals surface area contributed by atoms with E-state index in [9.17, 15) is 4.79 Å². The maximum Gasteiger partial charge on any atom is 0.320 e. The second-order valence-electron chi connectivity index (χ2n) is 16.8. The van der Waals surface area contributed by atoms with Crippen molar-refractivity contribution in [2.24, 2.45) is 0 Å². The Labute approximate surface area is 316 Å². The number of fused-ring (bicyclic) bond motifs is 2. The van der Waals surface area contributed by atoms with Gasteiger partial charge in [0.1, 0.15) is 30.2 Å². The number of benzene rings is 2. The van der Waals surface area contributed by atoms with Gasteiger partial charge in [-0.25, -0.2) is 14.5 Å². The predicted molar refractivity (Wildman–Crippen MR) is 213 cm³/mol. The Morgan fingerprint density at radius 1 is 0.887 bits per heavy atom. The molecule has 2 aromatic heterocycles. The molecule has 0 unspecified atom stereocenters. The van der Waals surface area contributed by atoms with Crippen LogP contribution in [-0.2, 0) is 16.9 Å². The number of hydrogen-bond acceptors (Lipinski definition) is 7. The number of aromatic nitrogens is 5. The molecule has 2 N–H and O–H groups in total. The van der Waals surface area contributed by atoms with E-state index in [0.29, 0.717) is 29.1 Å². The largest absolute Gasteiger partial charge is 0.543 e. The van der Waals surface area contributed by atoms with Gasteiger partial charge in [0.25, 0.3) is 8.32 Å². The Morgan fingerprint density at radius 2 is 1.58 bits per heavy atom. The highest BCUT2D eigenvalue weighted by atomic mass is 28.4. The molecular formula is C41H58N8O3Si. The maximum atomic E-state index is 13.8. The van der Waals surface area contributed by atoms with E-state index >= 15 is 0 Å². The van der Waals surface area contributed by atoms with E-state index in [1.54, 1.807) is 0 Å². The van der Waals surface area contributed by atoms with Gasteiger partial charge in [0.2, 0.25) is 0 Å². The fourth-order valence-corrected chi connectivity index (χ4v) is 13.4. The number of anilines is 1. The standard InChI is InChI=1S/C41H58N8O3Si/c1-26(2)39-45-44-37-21-22-47(25-48(37)39)51-35-20-19-34(32-17-12-13-18-33(32)35)42-40(50)43-38-24-36(41(9,10)11)46-49(38)30-15-14-16-31(23-30)52-53(27(3)4,28(5)6)29(7)8/h12-18,21-24,26-29,34-35H,19-20,25H2,1-11H3,(H2,42,43,50)/t34-,35+/m0/s1. The normalized spacial score (nSPS) is 17.5. The van der Waals surface area contributed by atoms with Crippen molar-refractivity contribution in [3.63, 3.8) is 0 Å². The average molecular weight is 739 g/mol. The molecule has 0 spiro atoms. The number of hydroxylamine groups is 2. The second kappa shape index (κ2) is 15.1. The number of nitrogens with one attached hydrogen (secondary N) is 2. The van der Waals surface area contributed by atoms with Crippen molar-refractivity contribution in [3.05, 3.63) is 89.3 Å². The summed E-state index contributed by atoms with van der Waals surface area (Å²) in [6, 6.07) is 17.8. The van der Waals surface area contributed by atoms with E-state index in [-0.39, 0.29) is 29.5 Å². The van der Waals surface area contributed by atoms with Crippen LogP contribution in [0.1, 0.15) is 136 Å². The minimum atomic E-state index is -2.18. The van der Waals surface area contributed by atoms with Crippen LogP contribution in [0.25, 0.3) is 11.8 Å². The first-order valence-corrected chi connectivity index (χ1v) is 21.3. The highest BCUT2D eigenvalue weighted by Crippen LogP contribution is 2.43. The van der Waals surface area contributed by atoms with Gasteiger partial charge >= 0.3 is 6.03 Å². The van der Waals surface area contributed by atoms with Gasteiger partial charge in [-0.15, -0.1) is 10.2 Å². The number of rotatable bonds is 11. The number of urea groups is 1. The summed E-state index contributed by atoms with van der Waals surface area (Å²) >= 11 is 0. The number of carbonyl (C=O) groups is 1. The summed E-state index contributed by atoms with van der Waals surface area (Å²) < 4.78 is 10.9. The summed E-state index contributed by atoms with van der Waals surface area (Å²) in [4.78, 5) is 20.4. The molecule has 1 aliphatic heterocycles. The molecule has 12 heteroatoms. The monoisotopic (exact) mass is 738 g/mol. The van der Waals surface area contributed by atoms with Gasteiger partial charge in [-0.05, 0) is 52.7 Å². The molecule has 0 radical (unpaired) electrons. The first kappa shape index (κ1) is 38.3. The third-order valence-electron chi connectivity index (χ3n) is 10.8. The zero-order valence-corrected chi connectivity index (χ0v) is 34.3. The lowest BCUT2D eigenvalue weighted by molar-refractivity contribution is -0.190. The number of nitrogens with zero attached hydrogens (tertiary/aromatic N) is 6. The van der Waals surface area contributed by atoms with Crippen LogP contribution in [-0.4, -0.2) is 44.0 Å². The van der Waals surface area contributed by atoms with Gasteiger partial charge in [0.05, 0.1) is 17.4 Å². The fraction of sp³-hybridized carbons (Fsp3) is 0.512. The number of carbonyl (C=O) groups excluding carboxylic acids is 1. The molecule has 0 bridgehead atoms. The van der Waals surface area contributed by atoms with Crippen LogP contribution < -0.4 is 15.1 Å². The van der Waals surface area contributed by atoms with Gasteiger partial charge < -0.3 is 9.74 Å². The third-order valence-corrected chi connectivity index (χ3v) is 16.8. The summed E-state index contributed by atoms with van der Waals surface area (Å²) in [7, 11) is -2.18. The van der Waals surface area contributed by atoms with Crippen LogP contribution in [0.5, 0.6) is 5.75 Å². The Bertz CT molecular complexity index is 1920. The highest BCUT2D eigenvalue weighted by molar-refractivity contribution is 6.78. The lowest BCUT2D eigenvalue weighted by atomic mass is 9.86. The molecule has 53 heavy (non-hydrogen) atoms. The predicted octanol–water partition coefficient (Wildman–Crippen LogP) is 10.0. The summed E-state index contributed by atoms with van der Waals surface area (Å²) in [5, 5.41) is 22.0. The maximum absolute atomic E-state index is 13.8. The van der Waals surface area contributed by atoms with Crippen LogP contribution in [0.15, 0.2) is 60.8 Å². The molecule has 2 atom stereocenters. The lowest BCUT2D eigenvalue weighted by Gasteiger charge is -2.42. The molecule has 3 heterocycles. The first-order valence-electron chi connectivity index (χ1n) is 19.2. The van der Waals surface area contributed by atoms with Crippen molar-refractivity contribution in [2.45, 2.75) is 136 Å². The zero-order chi connectivity index (χ0) is 38.2. The van der Waals surface area contributed by atoms with E-state index in [1.807, 2.05) is 58.4 Å². The van der Waals surface area contributed by atoms with Crippen molar-refractivity contribution in [1.29, 1.82) is 0 Å². The van der Waals surface area contributed by atoms with Crippen molar-refractivity contribution in [3.8, 4) is 11.4 Å². The van der Waals surface area contributed by atoms with Crippen LogP contribution in [0, 0.1) is 0 Å². The SMILES string of the molecule is CC(C)c1nnc2n1CN(O[C@@H]1CC[C@H](NC(=O)Nc3cc(C(C)(C)C)nn3-c3cccc(O[Si](C(C)C)(C(C)C)C(C)C)c3)c3ccccc31)C=C2. The second-order valence-corrected chi connectivity index (χ2v) is 22.2. The van der Waals surface area contributed by atoms with Crippen LogP contribution in [0.4, 0.5) is 10.6 Å². The van der Waals surface area contributed by atoms with Gasteiger partial charge in [-0.3, -0.25) is 14.7 Å². The quantitative estimate of drug-likeness (QED) is 0.147. The summed E-state index contributed by atoms with van der Waals surface area (Å²) in [5.74, 6) is 3.45. The van der Waals surface area contributed by atoms with Crippen LogP contribution in [0.2, 0.25) is 16.6 Å². The Balaban J connectivity index is 1.20. The van der Waals surface area contributed by atoms with E-state index in [0.717, 1.165) is 52.7 Å². The Morgan fingerprint density at radius 3 is 2.25 bits per heavy atom. The Hall–Kier alpha value is -4.42. The molecule has 0 saturated heterocycles. The van der Waals surface area contributed by atoms with Crippen molar-refractivity contribution < 1.29 is 14.1 Å². The van der Waals surface area contributed by atoms with Crippen molar-refractivity contribution in [1.82, 2.24) is 34.9 Å². The van der Waals surface area contributed by atoms with E-state index in [4.69, 9.17) is 14.4 Å². The molecule has 2 amide bonds. The zero-order valence-electron chi connectivity index (χ0n) is 33.3. The van der Waals surface area contributed by atoms with Crippen molar-refractivity contribution >= 4 is 26.2 Å². The molecule has 0 fully saturated rings. The van der Waals surface area contributed by atoms with Crippen molar-refractivity contribution in [2.75, 3.05) is 5.32 Å². The smallest absolute Gasteiger partial charge is 0.320 e. The Kier molecular flexibility index (Phi) is 10.9. The molecule has 6 rings (SSSR count). The van der Waals surface area contributed by atoms with Crippen LogP contribution >= 0.6 is 0 Å². The summed E-state index contributed by atoms with van der Waals surface area (Å²) in [5.41, 5.74) is 4.93. The summed E-state index contributed by atoms with van der Waals surface area (Å²) in [6.07, 6.45) is 5.16. The fourth-order valence-electron chi connectivity index (χ4n) is 8.18. The highest BCUT2D eigenvalue weighted by Gasteiger charge is 2.47. The average Bonchev–Trinajstić information content (AvgIpc) is 3.73. The first-order chi connectivity index (χ1) is 25.1. The van der Waals surface area contributed by atoms with E-state index in [2.05, 4.69) is 120 Å². The number of amides is 2. The molecule has 1 aliphatic carbocycles. The molecule has 4 aromatic rings. The molecule has 0 saturated carbocycles. The number of hydrogen-bond donors (Lipinski definition) is 2. The molecule has 2 aliphatic rings. The topological polar surface area (TPSA) is 111 Å². The molecule has 284 valence electrons. The lowest BCUT2D eigenvalue weighted by Crippen LogP contribution is -2.50. The third kappa shape index (κ3) is 7.80. The van der Waals surface area contributed by atoms with Gasteiger partial charge in [-0.2, -0.15) is 5.10 Å². The van der Waals surface area contributed by atoms with Crippen LogP contribution in [0.3, 0.4) is 0 Å². The summed E-state index contributed by atoms with van der Waals surface area (Å²) in [6.45, 7) is 24.9. The molecule has 11 nitrogen and oxygen atoms in total. The van der Waals surface area contributed by atoms with Gasteiger partial charge in [-0.1, -0.05) is 106 Å².